The van der Waals surface area contributed by atoms with E-state index in [0.29, 0.717) is 13.1 Å². The molecule has 1 aliphatic heterocycles. The summed E-state index contributed by atoms with van der Waals surface area (Å²) in [4.78, 5) is 13.5. The van der Waals surface area contributed by atoms with E-state index in [-0.39, 0.29) is 22.9 Å². The van der Waals surface area contributed by atoms with Crippen molar-refractivity contribution >= 4 is 31.8 Å². The number of carbonyl (C=O) groups is 1. The number of hydrogen-bond donors (Lipinski definition) is 2. The highest BCUT2D eigenvalue weighted by Gasteiger charge is 2.32. The first-order chi connectivity index (χ1) is 12.0. The highest BCUT2D eigenvalue weighted by Crippen LogP contribution is 2.18. The molecule has 1 amide bonds. The van der Waals surface area contributed by atoms with Crippen molar-refractivity contribution in [1.29, 1.82) is 0 Å². The van der Waals surface area contributed by atoms with Crippen molar-refractivity contribution in [3.8, 4) is 0 Å². The molecule has 1 aromatic carbocycles. The summed E-state index contributed by atoms with van der Waals surface area (Å²) in [5.74, 6) is -0.0620. The quantitative estimate of drug-likeness (QED) is 0.642. The van der Waals surface area contributed by atoms with E-state index >= 15 is 0 Å². The summed E-state index contributed by atoms with van der Waals surface area (Å²) in [6.07, 6.45) is 0.954. The van der Waals surface area contributed by atoms with Crippen molar-refractivity contribution in [3.05, 3.63) is 24.3 Å². The molecule has 2 rings (SSSR count). The first-order valence-electron chi connectivity index (χ1n) is 8.15. The molecule has 1 saturated heterocycles. The van der Waals surface area contributed by atoms with Crippen LogP contribution in [0.4, 0.5) is 5.69 Å². The van der Waals surface area contributed by atoms with Crippen molar-refractivity contribution in [2.75, 3.05) is 31.9 Å². The van der Waals surface area contributed by atoms with Gasteiger partial charge in [-0.2, -0.15) is 12.7 Å². The number of carbonyl (C=O) groups excluding carboxylic acids is 1. The summed E-state index contributed by atoms with van der Waals surface area (Å²) in [7, 11) is -4.69. The molecule has 0 aromatic heterocycles. The lowest BCUT2D eigenvalue weighted by atomic mass is 10.3. The van der Waals surface area contributed by atoms with E-state index in [0.717, 1.165) is 10.7 Å². The highest BCUT2D eigenvalue weighted by atomic mass is 32.2. The predicted octanol–water partition coefficient (Wildman–Crippen LogP) is 0.194. The standard InChI is InChI=1S/C15H24N4O5S2/c1-4-9-19-11-13(10-15(19)20)16-25(21,22)14-7-5-12(6-8-14)17-26(23,24)18(2)3/h5-8,13,16-17H,4,9-11H2,1-3H3. The number of hydrogen-bond acceptors (Lipinski definition) is 5. The lowest BCUT2D eigenvalue weighted by Crippen LogP contribution is -2.37. The van der Waals surface area contributed by atoms with E-state index in [4.69, 9.17) is 0 Å². The molecule has 1 aromatic rings. The van der Waals surface area contributed by atoms with Crippen LogP contribution in [0, 0.1) is 0 Å². The van der Waals surface area contributed by atoms with Crippen LogP contribution < -0.4 is 9.44 Å². The fraction of sp³-hybridized carbons (Fsp3) is 0.533. The summed E-state index contributed by atoms with van der Waals surface area (Å²) in [6, 6.07) is 4.91. The van der Waals surface area contributed by atoms with E-state index in [1.54, 1.807) is 4.90 Å². The molecule has 146 valence electrons. The second-order valence-electron chi connectivity index (χ2n) is 6.28. The Balaban J connectivity index is 2.07. The lowest BCUT2D eigenvalue weighted by Gasteiger charge is -2.16. The van der Waals surface area contributed by atoms with Gasteiger partial charge in [0.15, 0.2) is 0 Å². The Bertz CT molecular complexity index is 851. The van der Waals surface area contributed by atoms with Gasteiger partial charge in [0.2, 0.25) is 15.9 Å². The zero-order valence-electron chi connectivity index (χ0n) is 15.0. The third-order valence-corrected chi connectivity index (χ3v) is 6.91. The average Bonchev–Trinajstić information content (AvgIpc) is 2.86. The molecule has 0 radical (unpaired) electrons. The van der Waals surface area contributed by atoms with Crippen LogP contribution in [-0.2, 0) is 25.0 Å². The fourth-order valence-electron chi connectivity index (χ4n) is 2.57. The van der Waals surface area contributed by atoms with E-state index < -0.39 is 26.3 Å². The Morgan fingerprint density at radius 1 is 1.15 bits per heavy atom. The van der Waals surface area contributed by atoms with Crippen LogP contribution in [0.1, 0.15) is 19.8 Å². The molecule has 0 bridgehead atoms. The van der Waals surface area contributed by atoms with Crippen LogP contribution in [0.3, 0.4) is 0 Å². The lowest BCUT2D eigenvalue weighted by molar-refractivity contribution is -0.127. The Labute approximate surface area is 154 Å². The van der Waals surface area contributed by atoms with Gasteiger partial charge in [-0.1, -0.05) is 6.92 Å². The molecule has 2 N–H and O–H groups in total. The number of nitrogens with zero attached hydrogens (tertiary/aromatic N) is 2. The van der Waals surface area contributed by atoms with Gasteiger partial charge in [0.1, 0.15) is 0 Å². The molecule has 0 aliphatic carbocycles. The minimum absolute atomic E-state index is 0.00620. The summed E-state index contributed by atoms with van der Waals surface area (Å²) < 4.78 is 54.4. The summed E-state index contributed by atoms with van der Waals surface area (Å²) in [5.41, 5.74) is 0.253. The van der Waals surface area contributed by atoms with Crippen molar-refractivity contribution < 1.29 is 21.6 Å². The Morgan fingerprint density at radius 3 is 2.31 bits per heavy atom. The molecule has 1 atom stereocenters. The summed E-state index contributed by atoms with van der Waals surface area (Å²) in [6.45, 7) is 2.92. The molecular weight excluding hydrogens is 380 g/mol. The Hall–Kier alpha value is -1.69. The molecule has 11 heteroatoms. The Kier molecular flexibility index (Phi) is 6.27. The van der Waals surface area contributed by atoms with Crippen LogP contribution in [0.15, 0.2) is 29.2 Å². The number of benzene rings is 1. The number of anilines is 1. The number of likely N-dealkylation sites (tertiary alicyclic amines) is 1. The number of nitrogens with one attached hydrogen (secondary N) is 2. The van der Waals surface area contributed by atoms with Crippen molar-refractivity contribution in [2.45, 2.75) is 30.7 Å². The van der Waals surface area contributed by atoms with Crippen LogP contribution in [0.25, 0.3) is 0 Å². The van der Waals surface area contributed by atoms with E-state index in [1.807, 2.05) is 6.92 Å². The molecule has 1 unspecified atom stereocenters. The molecule has 1 heterocycles. The van der Waals surface area contributed by atoms with Gasteiger partial charge in [-0.05, 0) is 30.7 Å². The summed E-state index contributed by atoms with van der Waals surface area (Å²) in [5, 5.41) is 0. The molecule has 9 nitrogen and oxygen atoms in total. The molecular formula is C15H24N4O5S2. The van der Waals surface area contributed by atoms with Gasteiger partial charge in [0.25, 0.3) is 0 Å². The zero-order valence-corrected chi connectivity index (χ0v) is 16.6. The van der Waals surface area contributed by atoms with Gasteiger partial charge >= 0.3 is 10.2 Å². The number of sulfonamides is 1. The number of amides is 1. The number of rotatable bonds is 8. The van der Waals surface area contributed by atoms with E-state index in [9.17, 15) is 21.6 Å². The van der Waals surface area contributed by atoms with Gasteiger partial charge in [0, 0.05) is 45.3 Å². The van der Waals surface area contributed by atoms with Gasteiger partial charge in [-0.25, -0.2) is 13.1 Å². The molecule has 1 fully saturated rings. The monoisotopic (exact) mass is 404 g/mol. The van der Waals surface area contributed by atoms with E-state index in [2.05, 4.69) is 9.44 Å². The summed E-state index contributed by atoms with van der Waals surface area (Å²) >= 11 is 0. The minimum atomic E-state index is -3.80. The topological polar surface area (TPSA) is 116 Å². The first kappa shape index (κ1) is 20.6. The Morgan fingerprint density at radius 2 is 1.77 bits per heavy atom. The van der Waals surface area contributed by atoms with Crippen molar-refractivity contribution in [1.82, 2.24) is 13.9 Å². The second-order valence-corrected chi connectivity index (χ2v) is 9.87. The SMILES string of the molecule is CCCN1CC(NS(=O)(=O)c2ccc(NS(=O)(=O)N(C)C)cc2)CC1=O. The molecule has 0 spiro atoms. The van der Waals surface area contributed by atoms with Crippen LogP contribution in [0.5, 0.6) is 0 Å². The largest absolute Gasteiger partial charge is 0.341 e. The van der Waals surface area contributed by atoms with Gasteiger partial charge in [-0.15, -0.1) is 0 Å². The highest BCUT2D eigenvalue weighted by molar-refractivity contribution is 7.90. The maximum atomic E-state index is 12.5. The van der Waals surface area contributed by atoms with Crippen LogP contribution >= 0.6 is 0 Å². The minimum Gasteiger partial charge on any atom is -0.341 e. The second kappa shape index (κ2) is 7.91. The first-order valence-corrected chi connectivity index (χ1v) is 11.1. The van der Waals surface area contributed by atoms with Crippen molar-refractivity contribution in [2.24, 2.45) is 0 Å². The maximum Gasteiger partial charge on any atom is 0.301 e. The third kappa shape index (κ3) is 4.93. The predicted molar refractivity (Wildman–Crippen MR) is 98.3 cm³/mol. The van der Waals surface area contributed by atoms with Crippen molar-refractivity contribution in [3.63, 3.8) is 0 Å². The zero-order chi connectivity index (χ0) is 19.5. The molecule has 0 saturated carbocycles. The fourth-order valence-corrected chi connectivity index (χ4v) is 4.41. The van der Waals surface area contributed by atoms with Crippen LogP contribution in [0.2, 0.25) is 0 Å². The average molecular weight is 405 g/mol. The third-order valence-electron chi connectivity index (χ3n) is 3.92. The van der Waals surface area contributed by atoms with Gasteiger partial charge < -0.3 is 4.90 Å². The van der Waals surface area contributed by atoms with Crippen LogP contribution in [-0.4, -0.2) is 65.2 Å². The van der Waals surface area contributed by atoms with E-state index in [1.165, 1.54) is 38.4 Å². The van der Waals surface area contributed by atoms with Gasteiger partial charge in [0.05, 0.1) is 4.90 Å². The molecule has 26 heavy (non-hydrogen) atoms. The smallest absolute Gasteiger partial charge is 0.301 e. The van der Waals surface area contributed by atoms with Gasteiger partial charge in [-0.3, -0.25) is 9.52 Å². The maximum absolute atomic E-state index is 12.5. The molecule has 1 aliphatic rings. The normalized spacial score (nSPS) is 18.5.